The maximum atomic E-state index is 11.9. The standard InChI is InChI=1S/C12H16N2O6/c1-17-13(18-2)11(15)9-5-7-10(8-6-9)12(16)14(19-3)20-4/h5-8H,1-4H3. The van der Waals surface area contributed by atoms with Crippen molar-refractivity contribution >= 4 is 11.8 Å². The molecule has 0 aliphatic heterocycles. The lowest BCUT2D eigenvalue weighted by Gasteiger charge is -2.17. The predicted molar refractivity (Wildman–Crippen MR) is 66.8 cm³/mol. The van der Waals surface area contributed by atoms with Crippen molar-refractivity contribution in [2.24, 2.45) is 0 Å². The van der Waals surface area contributed by atoms with Crippen LogP contribution >= 0.6 is 0 Å². The van der Waals surface area contributed by atoms with Crippen LogP contribution in [0.1, 0.15) is 20.7 Å². The molecule has 110 valence electrons. The van der Waals surface area contributed by atoms with Gasteiger partial charge in [-0.1, -0.05) is 10.5 Å². The lowest BCUT2D eigenvalue weighted by molar-refractivity contribution is -0.299. The van der Waals surface area contributed by atoms with E-state index in [4.69, 9.17) is 19.4 Å². The van der Waals surface area contributed by atoms with Gasteiger partial charge < -0.3 is 0 Å². The average Bonchev–Trinajstić information content (AvgIpc) is 2.49. The van der Waals surface area contributed by atoms with Crippen molar-refractivity contribution in [1.29, 1.82) is 0 Å². The van der Waals surface area contributed by atoms with E-state index >= 15 is 0 Å². The largest absolute Gasteiger partial charge is 0.303 e. The fourth-order valence-electron chi connectivity index (χ4n) is 1.45. The summed E-state index contributed by atoms with van der Waals surface area (Å²) in [6.45, 7) is 0. The van der Waals surface area contributed by atoms with Gasteiger partial charge in [-0.2, -0.15) is 0 Å². The van der Waals surface area contributed by atoms with Gasteiger partial charge in [0, 0.05) is 11.1 Å². The van der Waals surface area contributed by atoms with Gasteiger partial charge in [0.05, 0.1) is 28.4 Å². The lowest BCUT2D eigenvalue weighted by Crippen LogP contribution is -2.30. The van der Waals surface area contributed by atoms with Crippen molar-refractivity contribution in [3.05, 3.63) is 35.4 Å². The molecule has 0 bridgehead atoms. The summed E-state index contributed by atoms with van der Waals surface area (Å²) in [5.74, 6) is -0.992. The van der Waals surface area contributed by atoms with E-state index in [1.54, 1.807) is 0 Å². The lowest BCUT2D eigenvalue weighted by atomic mass is 10.1. The summed E-state index contributed by atoms with van der Waals surface area (Å²) in [7, 11) is 5.20. The Morgan fingerprint density at radius 2 is 0.950 bits per heavy atom. The number of rotatable bonds is 6. The fourth-order valence-corrected chi connectivity index (χ4v) is 1.45. The van der Waals surface area contributed by atoms with Crippen molar-refractivity contribution in [3.63, 3.8) is 0 Å². The van der Waals surface area contributed by atoms with E-state index in [1.807, 2.05) is 0 Å². The topological polar surface area (TPSA) is 77.5 Å². The average molecular weight is 284 g/mol. The second-order valence-corrected chi connectivity index (χ2v) is 3.43. The first-order valence-corrected chi connectivity index (χ1v) is 5.54. The molecule has 0 aliphatic rings. The Labute approximate surface area is 116 Å². The third-order valence-corrected chi connectivity index (χ3v) is 2.37. The summed E-state index contributed by atoms with van der Waals surface area (Å²) in [5, 5.41) is 1.43. The van der Waals surface area contributed by atoms with Crippen molar-refractivity contribution in [1.82, 2.24) is 10.5 Å². The zero-order valence-electron chi connectivity index (χ0n) is 11.7. The molecule has 8 nitrogen and oxygen atoms in total. The van der Waals surface area contributed by atoms with Crippen molar-refractivity contribution in [3.8, 4) is 0 Å². The van der Waals surface area contributed by atoms with Crippen LogP contribution in [0.2, 0.25) is 0 Å². The molecule has 0 spiro atoms. The smallest absolute Gasteiger partial charge is 0.264 e. The fraction of sp³-hybridized carbons (Fsp3) is 0.333. The summed E-state index contributed by atoms with van der Waals surface area (Å²) >= 11 is 0. The maximum absolute atomic E-state index is 11.9. The highest BCUT2D eigenvalue weighted by Gasteiger charge is 2.18. The molecule has 0 aromatic heterocycles. The molecule has 0 saturated heterocycles. The Morgan fingerprint density at radius 3 is 1.15 bits per heavy atom. The molecular weight excluding hydrogens is 268 g/mol. The summed E-state index contributed by atoms with van der Waals surface area (Å²) in [4.78, 5) is 42.6. The number of carbonyl (C=O) groups excluding carboxylic acids is 2. The summed E-state index contributed by atoms with van der Waals surface area (Å²) in [6.07, 6.45) is 0. The Hall–Kier alpha value is -2.00. The van der Waals surface area contributed by atoms with Gasteiger partial charge in [0.15, 0.2) is 0 Å². The van der Waals surface area contributed by atoms with Crippen molar-refractivity contribution in [2.45, 2.75) is 0 Å². The monoisotopic (exact) mass is 284 g/mol. The van der Waals surface area contributed by atoms with Gasteiger partial charge in [-0.15, -0.1) is 0 Å². The van der Waals surface area contributed by atoms with Crippen LogP contribution in [-0.4, -0.2) is 50.7 Å². The van der Waals surface area contributed by atoms with E-state index in [9.17, 15) is 9.59 Å². The molecular formula is C12H16N2O6. The molecule has 0 heterocycles. The highest BCUT2D eigenvalue weighted by atomic mass is 16.9. The summed E-state index contributed by atoms with van der Waals surface area (Å²) < 4.78 is 0. The van der Waals surface area contributed by atoms with E-state index in [2.05, 4.69) is 0 Å². The minimum Gasteiger partial charge on any atom is -0.264 e. The molecule has 0 fully saturated rings. The normalized spacial score (nSPS) is 10.2. The molecule has 1 aromatic rings. The maximum Gasteiger partial charge on any atom is 0.303 e. The summed E-state index contributed by atoms with van der Waals surface area (Å²) in [5.41, 5.74) is 0.596. The van der Waals surface area contributed by atoms with Crippen LogP contribution in [-0.2, 0) is 19.4 Å². The van der Waals surface area contributed by atoms with Crippen LogP contribution in [0.15, 0.2) is 24.3 Å². The number of hydrogen-bond acceptors (Lipinski definition) is 6. The first-order valence-electron chi connectivity index (χ1n) is 5.54. The van der Waals surface area contributed by atoms with Crippen LogP contribution in [0.3, 0.4) is 0 Å². The zero-order valence-corrected chi connectivity index (χ0v) is 11.7. The highest BCUT2D eigenvalue weighted by molar-refractivity contribution is 5.96. The minimum atomic E-state index is -0.496. The van der Waals surface area contributed by atoms with Crippen LogP contribution in [0.4, 0.5) is 0 Å². The van der Waals surface area contributed by atoms with Crippen LogP contribution < -0.4 is 0 Å². The zero-order chi connectivity index (χ0) is 15.1. The molecule has 0 saturated carbocycles. The van der Waals surface area contributed by atoms with Crippen LogP contribution in [0, 0.1) is 0 Å². The Kier molecular flexibility index (Phi) is 6.07. The van der Waals surface area contributed by atoms with E-state index in [-0.39, 0.29) is 0 Å². The molecule has 2 amide bonds. The van der Waals surface area contributed by atoms with Gasteiger partial charge in [0.25, 0.3) is 0 Å². The summed E-state index contributed by atoms with van der Waals surface area (Å²) in [6, 6.07) is 5.85. The van der Waals surface area contributed by atoms with Gasteiger partial charge in [-0.25, -0.2) is 19.4 Å². The number of benzene rings is 1. The third-order valence-electron chi connectivity index (χ3n) is 2.37. The minimum absolute atomic E-state index is 0.298. The molecule has 0 aliphatic carbocycles. The third kappa shape index (κ3) is 3.52. The number of carbonyl (C=O) groups is 2. The Balaban J connectivity index is 2.88. The van der Waals surface area contributed by atoms with Gasteiger partial charge in [-0.05, 0) is 24.3 Å². The first-order chi connectivity index (χ1) is 9.58. The van der Waals surface area contributed by atoms with E-state index in [0.29, 0.717) is 21.6 Å². The van der Waals surface area contributed by atoms with Crippen LogP contribution in [0.25, 0.3) is 0 Å². The van der Waals surface area contributed by atoms with Crippen molar-refractivity contribution < 1.29 is 28.9 Å². The Morgan fingerprint density at radius 1 is 0.700 bits per heavy atom. The molecule has 0 N–H and O–H groups in total. The van der Waals surface area contributed by atoms with Crippen molar-refractivity contribution in [2.75, 3.05) is 28.4 Å². The molecule has 0 unspecified atom stereocenters. The molecule has 0 atom stereocenters. The highest BCUT2D eigenvalue weighted by Crippen LogP contribution is 2.10. The quantitative estimate of drug-likeness (QED) is 0.720. The second-order valence-electron chi connectivity index (χ2n) is 3.43. The van der Waals surface area contributed by atoms with E-state index in [0.717, 1.165) is 0 Å². The number of nitrogens with zero attached hydrogens (tertiary/aromatic N) is 2. The van der Waals surface area contributed by atoms with E-state index in [1.165, 1.54) is 52.7 Å². The molecule has 8 heteroatoms. The predicted octanol–water partition coefficient (Wildman–Crippen LogP) is 0.817. The van der Waals surface area contributed by atoms with E-state index < -0.39 is 11.8 Å². The van der Waals surface area contributed by atoms with Gasteiger partial charge in [-0.3, -0.25) is 9.59 Å². The SMILES string of the molecule is CON(OC)C(=O)c1ccc(C(=O)N(OC)OC)cc1. The number of hydroxylamine groups is 4. The first kappa shape index (κ1) is 16.1. The molecule has 1 aromatic carbocycles. The number of hydrogen-bond donors (Lipinski definition) is 0. The van der Waals surface area contributed by atoms with Gasteiger partial charge in [0.2, 0.25) is 0 Å². The Bertz CT molecular complexity index is 411. The molecule has 20 heavy (non-hydrogen) atoms. The van der Waals surface area contributed by atoms with Gasteiger partial charge in [0.1, 0.15) is 0 Å². The molecule has 1 rings (SSSR count). The van der Waals surface area contributed by atoms with Crippen LogP contribution in [0.5, 0.6) is 0 Å². The number of amides is 2. The second kappa shape index (κ2) is 7.56. The molecule has 0 radical (unpaired) electrons. The van der Waals surface area contributed by atoms with Gasteiger partial charge >= 0.3 is 11.8 Å².